The van der Waals surface area contributed by atoms with Crippen LogP contribution in [0, 0.1) is 0 Å². The van der Waals surface area contributed by atoms with E-state index in [-0.39, 0.29) is 17.2 Å². The minimum Gasteiger partial charge on any atom is -0.368 e. The average molecular weight is 349 g/mol. The maximum atomic E-state index is 6.15. The molecular formula is C9H4Cl3N7S. The molecule has 0 radical (unpaired) electrons. The van der Waals surface area contributed by atoms with Crippen molar-refractivity contribution in [2.45, 2.75) is 0 Å². The first-order valence-electron chi connectivity index (χ1n) is 5.09. The number of benzene rings is 1. The molecule has 0 saturated carbocycles. The first kappa shape index (κ1) is 13.5. The maximum Gasteiger partial charge on any atom is 0.233 e. The van der Waals surface area contributed by atoms with Crippen LogP contribution in [0.4, 0.5) is 29.0 Å². The van der Waals surface area contributed by atoms with Gasteiger partial charge < -0.3 is 11.1 Å². The fourth-order valence-corrected chi connectivity index (χ4v) is 2.85. The van der Waals surface area contributed by atoms with Gasteiger partial charge >= 0.3 is 0 Å². The van der Waals surface area contributed by atoms with E-state index < -0.39 is 0 Å². The van der Waals surface area contributed by atoms with Crippen LogP contribution in [-0.4, -0.2) is 15.0 Å². The molecule has 7 nitrogen and oxygen atoms in total. The third kappa shape index (κ3) is 2.42. The topological polar surface area (TPSA) is 101 Å². The van der Waals surface area contributed by atoms with Gasteiger partial charge in [0.2, 0.25) is 17.2 Å². The van der Waals surface area contributed by atoms with E-state index in [1.807, 2.05) is 0 Å². The van der Waals surface area contributed by atoms with Gasteiger partial charge in [-0.05, 0) is 17.7 Å². The number of nitrogens with zero attached hydrogens (tertiary/aromatic N) is 5. The summed E-state index contributed by atoms with van der Waals surface area (Å²) in [6.07, 6.45) is 0. The van der Waals surface area contributed by atoms with Crippen LogP contribution in [0.3, 0.4) is 0 Å². The highest BCUT2D eigenvalue weighted by molar-refractivity contribution is 7.58. The number of aromatic nitrogens is 3. The van der Waals surface area contributed by atoms with E-state index in [2.05, 4.69) is 29.0 Å². The van der Waals surface area contributed by atoms with Gasteiger partial charge in [0, 0.05) is 0 Å². The zero-order valence-electron chi connectivity index (χ0n) is 9.43. The van der Waals surface area contributed by atoms with Gasteiger partial charge in [-0.15, -0.1) is 0 Å². The predicted octanol–water partition coefficient (Wildman–Crippen LogP) is 3.88. The Bertz CT molecular complexity index is 767. The maximum absolute atomic E-state index is 6.15. The molecule has 2 heterocycles. The first-order chi connectivity index (χ1) is 9.54. The van der Waals surface area contributed by atoms with Crippen molar-refractivity contribution in [3.05, 3.63) is 21.4 Å². The van der Waals surface area contributed by atoms with Crippen molar-refractivity contribution in [1.29, 1.82) is 0 Å². The van der Waals surface area contributed by atoms with Crippen LogP contribution in [0.1, 0.15) is 0 Å². The van der Waals surface area contributed by atoms with E-state index in [9.17, 15) is 0 Å². The Morgan fingerprint density at radius 2 is 1.75 bits per heavy atom. The summed E-state index contributed by atoms with van der Waals surface area (Å²) in [4.78, 5) is 11.5. The number of hydrogen-bond donors (Lipinski definition) is 2. The normalized spacial score (nSPS) is 12.2. The monoisotopic (exact) mass is 347 g/mol. The molecule has 11 heteroatoms. The minimum atomic E-state index is -0.0299. The van der Waals surface area contributed by atoms with Crippen LogP contribution in [0.2, 0.25) is 15.3 Å². The van der Waals surface area contributed by atoms with Gasteiger partial charge in [0.05, 0.1) is 27.1 Å². The molecule has 1 aliphatic rings. The zero-order chi connectivity index (χ0) is 14.3. The van der Waals surface area contributed by atoms with E-state index in [1.165, 1.54) is 0 Å². The number of hydrogen-bond acceptors (Lipinski definition) is 7. The third-order valence-electron chi connectivity index (χ3n) is 2.31. The van der Waals surface area contributed by atoms with Crippen molar-refractivity contribution < 1.29 is 0 Å². The molecule has 0 unspecified atom stereocenters. The molecule has 2 aromatic rings. The summed E-state index contributed by atoms with van der Waals surface area (Å²) in [7, 11) is 0. The Morgan fingerprint density at radius 1 is 1.00 bits per heavy atom. The lowest BCUT2D eigenvalue weighted by molar-refractivity contribution is 1.07. The molecule has 1 aromatic carbocycles. The number of anilines is 3. The number of halogens is 3. The second-order valence-electron chi connectivity index (χ2n) is 3.59. The molecule has 0 aliphatic carbocycles. The smallest absolute Gasteiger partial charge is 0.233 e. The molecule has 0 atom stereocenters. The lowest BCUT2D eigenvalue weighted by Crippen LogP contribution is -2.03. The molecule has 102 valence electrons. The molecular weight excluding hydrogens is 345 g/mol. The van der Waals surface area contributed by atoms with Gasteiger partial charge in [0.1, 0.15) is 11.4 Å². The fraction of sp³-hybridized carbons (Fsp3) is 0. The molecule has 1 aromatic heterocycles. The molecule has 3 N–H and O–H groups in total. The van der Waals surface area contributed by atoms with Crippen molar-refractivity contribution in [2.24, 2.45) is 8.73 Å². The van der Waals surface area contributed by atoms with E-state index in [1.54, 1.807) is 6.07 Å². The fourth-order valence-electron chi connectivity index (χ4n) is 1.53. The number of nitrogens with two attached hydrogens (primary N) is 1. The van der Waals surface area contributed by atoms with Crippen molar-refractivity contribution in [1.82, 2.24) is 15.0 Å². The summed E-state index contributed by atoms with van der Waals surface area (Å²) in [5.41, 5.74) is 7.03. The molecule has 1 aliphatic heterocycles. The minimum absolute atomic E-state index is 0.00904. The van der Waals surface area contributed by atoms with Gasteiger partial charge in [-0.25, -0.2) is 0 Å². The molecule has 3 rings (SSSR count). The summed E-state index contributed by atoms with van der Waals surface area (Å²) >= 11 is 18.9. The highest BCUT2D eigenvalue weighted by Crippen LogP contribution is 2.48. The highest BCUT2D eigenvalue weighted by atomic mass is 35.5. The van der Waals surface area contributed by atoms with E-state index >= 15 is 0 Å². The number of rotatable bonds is 2. The van der Waals surface area contributed by atoms with Crippen LogP contribution < -0.4 is 11.1 Å². The van der Waals surface area contributed by atoms with Crippen LogP contribution in [0.15, 0.2) is 14.8 Å². The molecule has 0 saturated heterocycles. The van der Waals surface area contributed by atoms with Crippen molar-refractivity contribution in [2.75, 3.05) is 11.1 Å². The lowest BCUT2D eigenvalue weighted by atomic mass is 10.2. The number of nitrogen functional groups attached to an aromatic ring is 1. The zero-order valence-corrected chi connectivity index (χ0v) is 12.5. The lowest BCUT2D eigenvalue weighted by Gasteiger charge is -2.10. The van der Waals surface area contributed by atoms with Gasteiger partial charge in [-0.3, -0.25) is 0 Å². The number of fused-ring (bicyclic) bond motifs is 1. The Morgan fingerprint density at radius 3 is 2.50 bits per heavy atom. The van der Waals surface area contributed by atoms with Crippen LogP contribution >= 0.6 is 34.8 Å². The average Bonchev–Trinajstić information content (AvgIpc) is 2.82. The van der Waals surface area contributed by atoms with E-state index in [0.29, 0.717) is 27.1 Å². The standard InChI is InChI=1S/C9H4Cl3N7S/c10-2-1-3(11)5-6(19-20-18-5)4(2)14-9-16-7(12)15-8(13)17-9/h1H,(H3,13,14,15,16,17). The van der Waals surface area contributed by atoms with E-state index in [4.69, 9.17) is 40.5 Å². The van der Waals surface area contributed by atoms with Crippen molar-refractivity contribution >= 4 is 75.1 Å². The largest absolute Gasteiger partial charge is 0.368 e. The molecule has 0 spiro atoms. The first-order valence-corrected chi connectivity index (χ1v) is 6.95. The van der Waals surface area contributed by atoms with Crippen molar-refractivity contribution in [3.8, 4) is 0 Å². The Hall–Kier alpha value is -1.48. The SMILES string of the molecule is Nc1nc(Cl)nc(Nc2c(Cl)cc(Cl)c3c2N=S=N3)n1. The van der Waals surface area contributed by atoms with Gasteiger partial charge in [0.25, 0.3) is 0 Å². The molecule has 0 bridgehead atoms. The van der Waals surface area contributed by atoms with Gasteiger partial charge in [-0.2, -0.15) is 23.7 Å². The van der Waals surface area contributed by atoms with Crippen LogP contribution in [0.25, 0.3) is 0 Å². The second kappa shape index (κ2) is 5.13. The molecule has 0 fully saturated rings. The molecule has 20 heavy (non-hydrogen) atoms. The predicted molar refractivity (Wildman–Crippen MR) is 80.5 cm³/mol. The van der Waals surface area contributed by atoms with Crippen LogP contribution in [0.5, 0.6) is 0 Å². The highest BCUT2D eigenvalue weighted by Gasteiger charge is 2.19. The second-order valence-corrected chi connectivity index (χ2v) is 5.27. The Kier molecular flexibility index (Phi) is 3.47. The Labute approximate surface area is 131 Å². The third-order valence-corrected chi connectivity index (χ3v) is 3.59. The van der Waals surface area contributed by atoms with Gasteiger partial charge in [0.15, 0.2) is 0 Å². The summed E-state index contributed by atoms with van der Waals surface area (Å²) in [5, 5.41) is 3.63. The van der Waals surface area contributed by atoms with Crippen molar-refractivity contribution in [3.63, 3.8) is 0 Å². The molecule has 0 amide bonds. The summed E-state index contributed by atoms with van der Waals surface area (Å²) < 4.78 is 8.24. The van der Waals surface area contributed by atoms with Crippen LogP contribution in [-0.2, 0) is 11.4 Å². The quantitative estimate of drug-likeness (QED) is 0.731. The summed E-state index contributed by atoms with van der Waals surface area (Å²) in [5.74, 6) is 0.145. The summed E-state index contributed by atoms with van der Waals surface area (Å²) in [6, 6.07) is 1.56. The number of nitrogens with one attached hydrogen (secondary N) is 1. The van der Waals surface area contributed by atoms with Gasteiger partial charge in [-0.1, -0.05) is 23.2 Å². The Balaban J connectivity index is 2.08. The summed E-state index contributed by atoms with van der Waals surface area (Å²) in [6.45, 7) is 0. The van der Waals surface area contributed by atoms with E-state index in [0.717, 1.165) is 11.4 Å².